The zero-order valence-electron chi connectivity index (χ0n) is 4.57. The van der Waals surface area contributed by atoms with E-state index in [1.807, 2.05) is 6.92 Å². The van der Waals surface area contributed by atoms with Crippen LogP contribution in [0.3, 0.4) is 0 Å². The molecule has 0 saturated heterocycles. The van der Waals surface area contributed by atoms with Gasteiger partial charge in [-0.3, -0.25) is 0 Å². The van der Waals surface area contributed by atoms with Gasteiger partial charge in [0.05, 0.1) is 0 Å². The van der Waals surface area contributed by atoms with Crippen LogP contribution in [-0.2, 0) is 0 Å². The topological polar surface area (TPSA) is 0 Å². The number of terminal acetylenes is 1. The van der Waals surface area contributed by atoms with Crippen molar-refractivity contribution in [3.05, 3.63) is 18.6 Å². The normalized spacial score (nSPS) is 7.43. The van der Waals surface area contributed by atoms with E-state index in [-0.39, 0.29) is 0 Å². The highest BCUT2D eigenvalue weighted by atomic mass is 13.8. The molecular formula is C7H9. The third-order valence-corrected chi connectivity index (χ3v) is 0.568. The average Bonchev–Trinajstić information content (AvgIpc) is 1.61. The van der Waals surface area contributed by atoms with Gasteiger partial charge in [-0.25, -0.2) is 0 Å². The lowest BCUT2D eigenvalue weighted by Gasteiger charge is -1.86. The molecule has 0 aliphatic heterocycles. The maximum absolute atomic E-state index is 4.93. The second-order valence-corrected chi connectivity index (χ2v) is 1.53. The van der Waals surface area contributed by atoms with Crippen molar-refractivity contribution in [1.29, 1.82) is 0 Å². The van der Waals surface area contributed by atoms with E-state index in [2.05, 4.69) is 12.5 Å². The van der Waals surface area contributed by atoms with Crippen LogP contribution in [0.5, 0.6) is 0 Å². The first-order valence-electron chi connectivity index (χ1n) is 2.19. The molecule has 7 heavy (non-hydrogen) atoms. The summed E-state index contributed by atoms with van der Waals surface area (Å²) in [6, 6.07) is 0. The summed E-state index contributed by atoms with van der Waals surface area (Å²) in [6.45, 7) is 5.62. The smallest absolute Gasteiger partial charge is 0.0377 e. The lowest BCUT2D eigenvalue weighted by molar-refractivity contribution is 1.18. The minimum Gasteiger partial charge on any atom is -0.120 e. The Morgan fingerprint density at radius 1 is 2.00 bits per heavy atom. The van der Waals surface area contributed by atoms with E-state index < -0.39 is 0 Å². The maximum atomic E-state index is 4.93. The van der Waals surface area contributed by atoms with Crippen LogP contribution in [0.1, 0.15) is 13.3 Å². The standard InChI is InChI=1S/C7H9/c1-4-5-6-7(2)3/h1,5H,2,6H2,3H3. The summed E-state index contributed by atoms with van der Waals surface area (Å²) in [7, 11) is 0. The molecule has 0 atom stereocenters. The quantitative estimate of drug-likeness (QED) is 0.360. The number of hydrogen-bond acceptors (Lipinski definition) is 0. The van der Waals surface area contributed by atoms with Crippen LogP contribution < -0.4 is 0 Å². The van der Waals surface area contributed by atoms with E-state index in [1.165, 1.54) is 0 Å². The van der Waals surface area contributed by atoms with Gasteiger partial charge in [0.25, 0.3) is 0 Å². The van der Waals surface area contributed by atoms with Crippen molar-refractivity contribution in [1.82, 2.24) is 0 Å². The molecule has 0 aromatic rings. The van der Waals surface area contributed by atoms with Crippen molar-refractivity contribution in [2.24, 2.45) is 0 Å². The molecule has 0 unspecified atom stereocenters. The van der Waals surface area contributed by atoms with Gasteiger partial charge in [0.2, 0.25) is 0 Å². The predicted molar refractivity (Wildman–Crippen MR) is 32.6 cm³/mol. The zero-order chi connectivity index (χ0) is 5.70. The van der Waals surface area contributed by atoms with E-state index in [0.29, 0.717) is 0 Å². The monoisotopic (exact) mass is 93.1 g/mol. The lowest BCUT2D eigenvalue weighted by Crippen LogP contribution is -1.70. The van der Waals surface area contributed by atoms with Crippen LogP contribution in [0.15, 0.2) is 12.2 Å². The number of hydrogen-bond donors (Lipinski definition) is 0. The minimum absolute atomic E-state index is 0.844. The molecule has 0 nitrogen and oxygen atoms in total. The summed E-state index contributed by atoms with van der Waals surface area (Å²) in [6.07, 6.45) is 7.53. The van der Waals surface area contributed by atoms with Crippen LogP contribution in [-0.4, -0.2) is 0 Å². The fraction of sp³-hybridized carbons (Fsp3) is 0.286. The molecule has 1 radical (unpaired) electrons. The Kier molecular flexibility index (Phi) is 3.14. The fourth-order valence-corrected chi connectivity index (χ4v) is 0.233. The molecule has 0 spiro atoms. The van der Waals surface area contributed by atoms with E-state index in [1.54, 1.807) is 6.42 Å². The zero-order valence-corrected chi connectivity index (χ0v) is 4.57. The van der Waals surface area contributed by atoms with Crippen molar-refractivity contribution in [2.45, 2.75) is 13.3 Å². The molecule has 0 N–H and O–H groups in total. The van der Waals surface area contributed by atoms with Gasteiger partial charge < -0.3 is 0 Å². The minimum atomic E-state index is 0.844. The third kappa shape index (κ3) is 5.30. The molecule has 0 fully saturated rings. The van der Waals surface area contributed by atoms with E-state index >= 15 is 0 Å². The summed E-state index contributed by atoms with van der Waals surface area (Å²) in [4.78, 5) is 0. The van der Waals surface area contributed by atoms with Gasteiger partial charge in [0, 0.05) is 6.42 Å². The van der Waals surface area contributed by atoms with Crippen molar-refractivity contribution in [2.75, 3.05) is 0 Å². The molecular weight excluding hydrogens is 84.1 g/mol. The predicted octanol–water partition coefficient (Wildman–Crippen LogP) is 1.79. The SMILES string of the molecule is C#C[CH]CC(=C)C. The highest BCUT2D eigenvalue weighted by Gasteiger charge is 1.79. The average molecular weight is 93.1 g/mol. The van der Waals surface area contributed by atoms with E-state index in [9.17, 15) is 0 Å². The summed E-state index contributed by atoms with van der Waals surface area (Å²) in [5, 5.41) is 0. The second-order valence-electron chi connectivity index (χ2n) is 1.53. The lowest BCUT2D eigenvalue weighted by atomic mass is 10.2. The molecule has 0 bridgehead atoms. The van der Waals surface area contributed by atoms with Crippen molar-refractivity contribution in [3.8, 4) is 12.3 Å². The summed E-state index contributed by atoms with van der Waals surface area (Å²) in [5.41, 5.74) is 1.11. The number of rotatable bonds is 2. The highest BCUT2D eigenvalue weighted by Crippen LogP contribution is 1.95. The van der Waals surface area contributed by atoms with Crippen molar-refractivity contribution in [3.63, 3.8) is 0 Å². The van der Waals surface area contributed by atoms with Crippen molar-refractivity contribution >= 4 is 0 Å². The summed E-state index contributed by atoms with van der Waals surface area (Å²) in [5.74, 6) is 2.41. The van der Waals surface area contributed by atoms with Crippen LogP contribution in [0.25, 0.3) is 0 Å². The molecule has 0 aromatic carbocycles. The second kappa shape index (κ2) is 3.49. The molecule has 0 rings (SSSR count). The first-order chi connectivity index (χ1) is 3.27. The largest absolute Gasteiger partial charge is 0.120 e. The van der Waals surface area contributed by atoms with Crippen LogP contribution in [0, 0.1) is 18.8 Å². The van der Waals surface area contributed by atoms with E-state index in [0.717, 1.165) is 12.0 Å². The Balaban J connectivity index is 3.02. The molecule has 0 aliphatic carbocycles. The molecule has 0 heterocycles. The first kappa shape index (κ1) is 6.30. The van der Waals surface area contributed by atoms with Gasteiger partial charge in [0.15, 0.2) is 0 Å². The highest BCUT2D eigenvalue weighted by molar-refractivity contribution is 5.07. The third-order valence-electron chi connectivity index (χ3n) is 0.568. The molecule has 0 aliphatic rings. The number of allylic oxidation sites excluding steroid dienone is 1. The van der Waals surface area contributed by atoms with Gasteiger partial charge in [-0.2, -0.15) is 0 Å². The Morgan fingerprint density at radius 3 is 2.71 bits per heavy atom. The van der Waals surface area contributed by atoms with Gasteiger partial charge in [-0.05, 0) is 13.3 Å². The first-order valence-corrected chi connectivity index (χ1v) is 2.19. The molecule has 0 heteroatoms. The van der Waals surface area contributed by atoms with Crippen LogP contribution >= 0.6 is 0 Å². The Hall–Kier alpha value is -0.700. The van der Waals surface area contributed by atoms with Gasteiger partial charge in [-0.15, -0.1) is 18.9 Å². The van der Waals surface area contributed by atoms with Crippen molar-refractivity contribution < 1.29 is 0 Å². The molecule has 37 valence electrons. The summed E-state index contributed by atoms with van der Waals surface area (Å²) >= 11 is 0. The van der Waals surface area contributed by atoms with Gasteiger partial charge >= 0.3 is 0 Å². The van der Waals surface area contributed by atoms with Crippen LogP contribution in [0.4, 0.5) is 0 Å². The van der Waals surface area contributed by atoms with Crippen LogP contribution in [0.2, 0.25) is 0 Å². The molecule has 0 aromatic heterocycles. The Bertz CT molecular complexity index is 93.1. The summed E-state index contributed by atoms with van der Waals surface area (Å²) < 4.78 is 0. The van der Waals surface area contributed by atoms with E-state index in [4.69, 9.17) is 6.42 Å². The fourth-order valence-electron chi connectivity index (χ4n) is 0.233. The molecule has 0 amide bonds. The Morgan fingerprint density at radius 2 is 2.57 bits per heavy atom. The van der Waals surface area contributed by atoms with Gasteiger partial charge in [-0.1, -0.05) is 5.57 Å². The Labute approximate surface area is 45.2 Å². The molecule has 0 saturated carbocycles. The van der Waals surface area contributed by atoms with Gasteiger partial charge in [0.1, 0.15) is 0 Å². The maximum Gasteiger partial charge on any atom is 0.0377 e.